The van der Waals surface area contributed by atoms with Crippen LogP contribution in [0.15, 0.2) is 0 Å². The Labute approximate surface area is 142 Å². The molecule has 0 saturated carbocycles. The summed E-state index contributed by atoms with van der Waals surface area (Å²) in [5.74, 6) is 0.351. The van der Waals surface area contributed by atoms with Gasteiger partial charge >= 0.3 is 0 Å². The fourth-order valence-corrected chi connectivity index (χ4v) is 2.96. The summed E-state index contributed by atoms with van der Waals surface area (Å²) in [5.41, 5.74) is 0. The van der Waals surface area contributed by atoms with Crippen LogP contribution >= 0.6 is 0 Å². The van der Waals surface area contributed by atoms with Gasteiger partial charge in [0.15, 0.2) is 20.9 Å². The van der Waals surface area contributed by atoms with Gasteiger partial charge in [0, 0.05) is 13.2 Å². The second-order valence-corrected chi connectivity index (χ2v) is 9.91. The van der Waals surface area contributed by atoms with Crippen molar-refractivity contribution in [2.75, 3.05) is 51.1 Å². The van der Waals surface area contributed by atoms with Gasteiger partial charge in [-0.05, 0) is 33.6 Å². The number of ether oxygens (including phenoxy) is 3. The van der Waals surface area contributed by atoms with E-state index < -0.39 is 25.7 Å². The molecule has 1 N–H and O–H groups in total. The zero-order valence-electron chi connectivity index (χ0n) is 14.3. The van der Waals surface area contributed by atoms with Crippen LogP contribution in [0.3, 0.4) is 0 Å². The van der Waals surface area contributed by atoms with Gasteiger partial charge in [0.1, 0.15) is 0 Å². The van der Waals surface area contributed by atoms with E-state index in [0.29, 0.717) is 52.5 Å². The van der Waals surface area contributed by atoms with Gasteiger partial charge in [-0.2, -0.15) is 0 Å². The van der Waals surface area contributed by atoms with Crippen molar-refractivity contribution in [3.8, 4) is 0 Å². The van der Waals surface area contributed by atoms with Crippen molar-refractivity contribution in [2.45, 2.75) is 38.4 Å². The van der Waals surface area contributed by atoms with Crippen LogP contribution in [0, 0.1) is 0 Å². The molecule has 7 nitrogen and oxygen atoms in total. The molecule has 9 heteroatoms. The molecule has 0 aromatic heterocycles. The van der Waals surface area contributed by atoms with Gasteiger partial charge in [0.05, 0.1) is 42.7 Å². The second kappa shape index (κ2) is 12.3. The summed E-state index contributed by atoms with van der Waals surface area (Å²) in [7, 11) is -3.08. The lowest BCUT2D eigenvalue weighted by Gasteiger charge is -2.18. The molecule has 0 spiro atoms. The number of hydrogen-bond donors (Lipinski definition) is 1. The van der Waals surface area contributed by atoms with Crippen molar-refractivity contribution in [3.63, 3.8) is 0 Å². The highest BCUT2D eigenvalue weighted by molar-refractivity contribution is 7.92. The normalized spacial score (nSPS) is 14.1. The summed E-state index contributed by atoms with van der Waals surface area (Å²) in [5, 5.41) is 0. The molecule has 0 aliphatic heterocycles. The van der Waals surface area contributed by atoms with Gasteiger partial charge < -0.3 is 18.8 Å². The standard InChI is InChI=1S/C14H30O7S2/c1-14(2,3)23(17,18)13-5-7-20-9-11-21-10-8-19-6-4-12-22(15)16/h4-13H2,1-3H3,(H,15,16). The second-order valence-electron chi connectivity index (χ2n) is 6.00. The lowest BCUT2D eigenvalue weighted by molar-refractivity contribution is 0.0149. The van der Waals surface area contributed by atoms with Crippen LogP contribution in [-0.2, 0) is 35.1 Å². The smallest absolute Gasteiger partial charge is 0.155 e. The van der Waals surface area contributed by atoms with Crippen LogP contribution in [0.5, 0.6) is 0 Å². The molecule has 0 rings (SSSR count). The Balaban J connectivity index is 3.33. The van der Waals surface area contributed by atoms with Crippen LogP contribution in [0.4, 0.5) is 0 Å². The molecule has 0 aliphatic carbocycles. The van der Waals surface area contributed by atoms with Crippen molar-refractivity contribution in [1.29, 1.82) is 0 Å². The molecule has 0 fully saturated rings. The Bertz CT molecular complexity index is 415. The molecule has 0 aromatic rings. The van der Waals surface area contributed by atoms with Crippen LogP contribution in [-0.4, -0.2) is 73.1 Å². The van der Waals surface area contributed by atoms with Crippen LogP contribution in [0.25, 0.3) is 0 Å². The average molecular weight is 375 g/mol. The summed E-state index contributed by atoms with van der Waals surface area (Å²) in [6.07, 6.45) is 1.03. The topological polar surface area (TPSA) is 99.1 Å². The van der Waals surface area contributed by atoms with Crippen molar-refractivity contribution in [2.24, 2.45) is 0 Å². The quantitative estimate of drug-likeness (QED) is 0.361. The Morgan fingerprint density at radius 3 is 1.74 bits per heavy atom. The van der Waals surface area contributed by atoms with Crippen molar-refractivity contribution >= 4 is 20.9 Å². The first-order chi connectivity index (χ1) is 10.7. The number of hydrogen-bond acceptors (Lipinski definition) is 6. The largest absolute Gasteiger partial charge is 0.379 e. The molecule has 0 radical (unpaired) electrons. The van der Waals surface area contributed by atoms with E-state index in [9.17, 15) is 12.6 Å². The molecule has 0 saturated heterocycles. The maximum absolute atomic E-state index is 11.8. The molecular weight excluding hydrogens is 344 g/mol. The highest BCUT2D eigenvalue weighted by atomic mass is 32.2. The van der Waals surface area contributed by atoms with E-state index in [-0.39, 0.29) is 11.5 Å². The minimum atomic E-state index is -3.08. The lowest BCUT2D eigenvalue weighted by atomic mass is 10.3. The lowest BCUT2D eigenvalue weighted by Crippen LogP contribution is -2.30. The zero-order valence-corrected chi connectivity index (χ0v) is 15.9. The monoisotopic (exact) mass is 374 g/mol. The first-order valence-corrected chi connectivity index (χ1v) is 10.6. The fourth-order valence-electron chi connectivity index (χ4n) is 1.48. The first-order valence-electron chi connectivity index (χ1n) is 7.70. The predicted molar refractivity (Wildman–Crippen MR) is 90.9 cm³/mol. The van der Waals surface area contributed by atoms with E-state index in [1.807, 2.05) is 0 Å². The molecule has 0 aromatic carbocycles. The SMILES string of the molecule is CC(C)(C)S(=O)(=O)CCCOCCOCCOCCCS(=O)O. The summed E-state index contributed by atoms with van der Waals surface area (Å²) in [4.78, 5) is 0. The predicted octanol–water partition coefficient (Wildman–Crippen LogP) is 1.25. The highest BCUT2D eigenvalue weighted by Gasteiger charge is 2.27. The molecule has 0 heterocycles. The third kappa shape index (κ3) is 13.0. The van der Waals surface area contributed by atoms with Crippen molar-refractivity contribution < 1.29 is 31.4 Å². The molecule has 0 aliphatic rings. The molecule has 0 bridgehead atoms. The van der Waals surface area contributed by atoms with Crippen LogP contribution in [0.1, 0.15) is 33.6 Å². The summed E-state index contributed by atoms with van der Waals surface area (Å²) < 4.78 is 57.7. The van der Waals surface area contributed by atoms with E-state index in [4.69, 9.17) is 18.8 Å². The third-order valence-corrected chi connectivity index (χ3v) is 6.32. The van der Waals surface area contributed by atoms with Gasteiger partial charge in [0.2, 0.25) is 0 Å². The molecule has 1 unspecified atom stereocenters. The van der Waals surface area contributed by atoms with Crippen molar-refractivity contribution in [3.05, 3.63) is 0 Å². The van der Waals surface area contributed by atoms with Gasteiger partial charge in [-0.3, -0.25) is 0 Å². The third-order valence-electron chi connectivity index (χ3n) is 2.99. The van der Waals surface area contributed by atoms with E-state index in [0.717, 1.165) is 0 Å². The Kier molecular flexibility index (Phi) is 12.3. The van der Waals surface area contributed by atoms with Gasteiger partial charge in [0.25, 0.3) is 0 Å². The molecule has 140 valence electrons. The summed E-state index contributed by atoms with van der Waals surface area (Å²) >= 11 is -1.76. The Morgan fingerprint density at radius 1 is 0.870 bits per heavy atom. The molecular formula is C14H30O7S2. The van der Waals surface area contributed by atoms with Gasteiger partial charge in [-0.25, -0.2) is 12.6 Å². The fraction of sp³-hybridized carbons (Fsp3) is 1.00. The van der Waals surface area contributed by atoms with E-state index in [2.05, 4.69) is 0 Å². The molecule has 1 atom stereocenters. The van der Waals surface area contributed by atoms with Gasteiger partial charge in [-0.15, -0.1) is 0 Å². The Morgan fingerprint density at radius 2 is 1.30 bits per heavy atom. The van der Waals surface area contributed by atoms with Crippen molar-refractivity contribution in [1.82, 2.24) is 0 Å². The maximum Gasteiger partial charge on any atom is 0.155 e. The van der Waals surface area contributed by atoms with Crippen LogP contribution < -0.4 is 0 Å². The number of rotatable bonds is 14. The molecule has 0 amide bonds. The van der Waals surface area contributed by atoms with E-state index >= 15 is 0 Å². The summed E-state index contributed by atoms with van der Waals surface area (Å²) in [6.45, 7) is 7.63. The number of sulfone groups is 1. The van der Waals surface area contributed by atoms with Crippen LogP contribution in [0.2, 0.25) is 0 Å². The van der Waals surface area contributed by atoms with Gasteiger partial charge in [-0.1, -0.05) is 0 Å². The zero-order chi connectivity index (χ0) is 17.8. The average Bonchev–Trinajstić information content (AvgIpc) is 2.42. The first kappa shape index (κ1) is 22.9. The molecule has 23 heavy (non-hydrogen) atoms. The Hall–Kier alpha value is -0.0600. The minimum absolute atomic E-state index is 0.129. The van der Waals surface area contributed by atoms with E-state index in [1.165, 1.54) is 0 Å². The highest BCUT2D eigenvalue weighted by Crippen LogP contribution is 2.16. The van der Waals surface area contributed by atoms with E-state index in [1.54, 1.807) is 20.8 Å². The maximum atomic E-state index is 11.8. The minimum Gasteiger partial charge on any atom is -0.379 e. The summed E-state index contributed by atoms with van der Waals surface area (Å²) in [6, 6.07) is 0.